The molecule has 1 saturated heterocycles. The number of pyridine rings is 1. The van der Waals surface area contributed by atoms with Gasteiger partial charge in [-0.05, 0) is 30.7 Å². The van der Waals surface area contributed by atoms with Gasteiger partial charge in [0.25, 0.3) is 0 Å². The summed E-state index contributed by atoms with van der Waals surface area (Å²) in [5, 5.41) is 6.14. The Kier molecular flexibility index (Phi) is 6.92. The summed E-state index contributed by atoms with van der Waals surface area (Å²) >= 11 is 6.40. The molecule has 2 aliphatic rings. The first-order valence-electron chi connectivity index (χ1n) is 10.7. The highest BCUT2D eigenvalue weighted by atomic mass is 35.5. The van der Waals surface area contributed by atoms with Gasteiger partial charge in [0.15, 0.2) is 0 Å². The molecule has 2 N–H and O–H groups in total. The number of carbonyl (C=O) groups excluding carboxylic acids is 2. The highest BCUT2D eigenvalue weighted by Gasteiger charge is 2.35. The first-order chi connectivity index (χ1) is 15.6. The molecule has 0 bridgehead atoms. The van der Waals surface area contributed by atoms with Gasteiger partial charge in [-0.2, -0.15) is 0 Å². The standard InChI is InChI=1S/C23H26ClN5O3/c1-2-32-22(30)20-18(26-23(31)27-21(20)16-7-3-4-8-17(16)24)15-28-11-13-29(14-12-28)19-9-5-6-10-25-19/h3-10,21H,2,11-15H2,1H3,(H2,26,27,31)/t21-/m0/s1. The average molecular weight is 456 g/mol. The van der Waals surface area contributed by atoms with Crippen molar-refractivity contribution in [1.82, 2.24) is 20.5 Å². The lowest BCUT2D eigenvalue weighted by Gasteiger charge is -2.37. The molecule has 1 aromatic carbocycles. The molecule has 0 aliphatic carbocycles. The van der Waals surface area contributed by atoms with Crippen LogP contribution in [-0.4, -0.2) is 61.2 Å². The summed E-state index contributed by atoms with van der Waals surface area (Å²) < 4.78 is 5.34. The normalized spacial score (nSPS) is 19.4. The van der Waals surface area contributed by atoms with E-state index in [0.29, 0.717) is 28.4 Å². The summed E-state index contributed by atoms with van der Waals surface area (Å²) in [5.41, 5.74) is 1.58. The monoisotopic (exact) mass is 455 g/mol. The van der Waals surface area contributed by atoms with E-state index in [4.69, 9.17) is 16.3 Å². The predicted molar refractivity (Wildman–Crippen MR) is 122 cm³/mol. The number of hydrogen-bond donors (Lipinski definition) is 2. The van der Waals surface area contributed by atoms with E-state index in [1.165, 1.54) is 0 Å². The summed E-state index contributed by atoms with van der Waals surface area (Å²) in [6, 6.07) is 12.0. The fraction of sp³-hybridized carbons (Fsp3) is 0.348. The minimum absolute atomic E-state index is 0.238. The maximum absolute atomic E-state index is 12.9. The number of ether oxygens (including phenoxy) is 1. The van der Waals surface area contributed by atoms with Crippen molar-refractivity contribution >= 4 is 29.4 Å². The second kappa shape index (κ2) is 10.0. The smallest absolute Gasteiger partial charge is 0.338 e. The molecule has 1 atom stereocenters. The molecule has 0 unspecified atom stereocenters. The number of nitrogens with zero attached hydrogens (tertiary/aromatic N) is 3. The van der Waals surface area contributed by atoms with Gasteiger partial charge in [-0.1, -0.05) is 35.9 Å². The second-order valence-electron chi connectivity index (χ2n) is 7.62. The van der Waals surface area contributed by atoms with Gasteiger partial charge in [-0.15, -0.1) is 0 Å². The SMILES string of the molecule is CCOC(=O)C1=C(CN2CCN(c3ccccn3)CC2)NC(=O)N[C@H]1c1ccccc1Cl. The summed E-state index contributed by atoms with van der Waals surface area (Å²) in [4.78, 5) is 34.3. The lowest BCUT2D eigenvalue weighted by Crippen LogP contribution is -2.52. The van der Waals surface area contributed by atoms with Crippen molar-refractivity contribution in [3.05, 3.63) is 70.5 Å². The van der Waals surface area contributed by atoms with Gasteiger partial charge in [-0.3, -0.25) is 4.90 Å². The van der Waals surface area contributed by atoms with Crippen molar-refractivity contribution in [1.29, 1.82) is 0 Å². The third-order valence-electron chi connectivity index (χ3n) is 5.59. The fourth-order valence-corrected chi connectivity index (χ4v) is 4.28. The average Bonchev–Trinajstić information content (AvgIpc) is 2.80. The van der Waals surface area contributed by atoms with E-state index in [2.05, 4.69) is 25.4 Å². The molecule has 32 heavy (non-hydrogen) atoms. The first-order valence-corrected chi connectivity index (χ1v) is 11.0. The van der Waals surface area contributed by atoms with Crippen molar-refractivity contribution in [3.63, 3.8) is 0 Å². The predicted octanol–water partition coefficient (Wildman–Crippen LogP) is 2.73. The van der Waals surface area contributed by atoms with Crippen LogP contribution in [0.1, 0.15) is 18.5 Å². The number of halogens is 1. The number of anilines is 1. The molecule has 1 fully saturated rings. The number of benzene rings is 1. The van der Waals surface area contributed by atoms with Crippen LogP contribution in [0.5, 0.6) is 0 Å². The maximum atomic E-state index is 12.9. The molecule has 0 saturated carbocycles. The van der Waals surface area contributed by atoms with E-state index < -0.39 is 12.0 Å². The van der Waals surface area contributed by atoms with Crippen LogP contribution in [0.3, 0.4) is 0 Å². The van der Waals surface area contributed by atoms with Crippen LogP contribution < -0.4 is 15.5 Å². The first kappa shape index (κ1) is 22.1. The number of carbonyl (C=O) groups is 2. The lowest BCUT2D eigenvalue weighted by molar-refractivity contribution is -0.139. The van der Waals surface area contributed by atoms with E-state index in [1.54, 1.807) is 25.3 Å². The number of rotatable bonds is 6. The number of urea groups is 1. The van der Waals surface area contributed by atoms with Crippen LogP contribution >= 0.6 is 11.6 Å². The number of esters is 1. The van der Waals surface area contributed by atoms with Gasteiger partial charge < -0.3 is 20.3 Å². The van der Waals surface area contributed by atoms with Gasteiger partial charge in [0.05, 0.1) is 18.2 Å². The molecule has 1 aromatic heterocycles. The van der Waals surface area contributed by atoms with E-state index >= 15 is 0 Å². The number of amides is 2. The minimum Gasteiger partial charge on any atom is -0.463 e. The van der Waals surface area contributed by atoms with Gasteiger partial charge in [0, 0.05) is 49.6 Å². The Morgan fingerprint density at radius 1 is 1.16 bits per heavy atom. The zero-order valence-corrected chi connectivity index (χ0v) is 18.6. The Bertz CT molecular complexity index is 1010. The summed E-state index contributed by atoms with van der Waals surface area (Å²) in [6.07, 6.45) is 1.79. The van der Waals surface area contributed by atoms with Crippen molar-refractivity contribution in [2.75, 3.05) is 44.2 Å². The van der Waals surface area contributed by atoms with Crippen LogP contribution in [-0.2, 0) is 9.53 Å². The largest absolute Gasteiger partial charge is 0.463 e. The minimum atomic E-state index is -0.679. The Labute approximate surface area is 192 Å². The summed E-state index contributed by atoms with van der Waals surface area (Å²) in [6.45, 7) is 5.58. The maximum Gasteiger partial charge on any atom is 0.338 e. The molecule has 0 radical (unpaired) electrons. The number of hydrogen-bond acceptors (Lipinski definition) is 6. The summed E-state index contributed by atoms with van der Waals surface area (Å²) in [5.74, 6) is 0.486. The highest BCUT2D eigenvalue weighted by Crippen LogP contribution is 2.32. The topological polar surface area (TPSA) is 86.8 Å². The zero-order chi connectivity index (χ0) is 22.5. The molecular formula is C23H26ClN5O3. The molecule has 168 valence electrons. The van der Waals surface area contributed by atoms with Crippen molar-refractivity contribution in [2.45, 2.75) is 13.0 Å². The number of aromatic nitrogens is 1. The molecule has 2 amide bonds. The van der Waals surface area contributed by atoms with Gasteiger partial charge in [-0.25, -0.2) is 14.6 Å². The number of nitrogens with one attached hydrogen (secondary N) is 2. The molecule has 8 nitrogen and oxygen atoms in total. The van der Waals surface area contributed by atoms with Crippen LogP contribution in [0.25, 0.3) is 0 Å². The van der Waals surface area contributed by atoms with E-state index in [0.717, 1.165) is 32.0 Å². The Balaban J connectivity index is 1.57. The third-order valence-corrected chi connectivity index (χ3v) is 5.94. The highest BCUT2D eigenvalue weighted by molar-refractivity contribution is 6.31. The molecule has 3 heterocycles. The van der Waals surface area contributed by atoms with Gasteiger partial charge >= 0.3 is 12.0 Å². The molecule has 2 aliphatic heterocycles. The van der Waals surface area contributed by atoms with E-state index in [-0.39, 0.29) is 12.6 Å². The molecule has 9 heteroatoms. The number of piperazine rings is 1. The Morgan fingerprint density at radius 2 is 1.91 bits per heavy atom. The Morgan fingerprint density at radius 3 is 2.59 bits per heavy atom. The van der Waals surface area contributed by atoms with Crippen LogP contribution in [0.4, 0.5) is 10.6 Å². The Hall–Kier alpha value is -3.10. The van der Waals surface area contributed by atoms with Crippen LogP contribution in [0.2, 0.25) is 5.02 Å². The van der Waals surface area contributed by atoms with Crippen LogP contribution in [0, 0.1) is 0 Å². The van der Waals surface area contributed by atoms with Crippen LogP contribution in [0.15, 0.2) is 59.9 Å². The fourth-order valence-electron chi connectivity index (χ4n) is 4.03. The molecular weight excluding hydrogens is 430 g/mol. The third kappa shape index (κ3) is 4.87. The van der Waals surface area contributed by atoms with Crippen molar-refractivity contribution in [2.24, 2.45) is 0 Å². The lowest BCUT2D eigenvalue weighted by atomic mass is 9.95. The second-order valence-corrected chi connectivity index (χ2v) is 8.02. The molecule has 0 spiro atoms. The van der Waals surface area contributed by atoms with E-state index in [1.807, 2.05) is 30.3 Å². The van der Waals surface area contributed by atoms with Gasteiger partial charge in [0.1, 0.15) is 5.82 Å². The molecule has 2 aromatic rings. The van der Waals surface area contributed by atoms with E-state index in [9.17, 15) is 9.59 Å². The van der Waals surface area contributed by atoms with Crippen molar-refractivity contribution in [3.8, 4) is 0 Å². The quantitative estimate of drug-likeness (QED) is 0.651. The zero-order valence-electron chi connectivity index (χ0n) is 17.9. The molecule has 4 rings (SSSR count). The van der Waals surface area contributed by atoms with Crippen molar-refractivity contribution < 1.29 is 14.3 Å². The summed E-state index contributed by atoms with van der Waals surface area (Å²) in [7, 11) is 0. The van der Waals surface area contributed by atoms with Gasteiger partial charge in [0.2, 0.25) is 0 Å².